The summed E-state index contributed by atoms with van der Waals surface area (Å²) < 4.78 is 0.710. The van der Waals surface area contributed by atoms with Gasteiger partial charge in [0, 0.05) is 25.6 Å². The van der Waals surface area contributed by atoms with Crippen LogP contribution in [0.25, 0.3) is 0 Å². The molecular formula is C12H19BrN4O. The lowest BCUT2D eigenvalue weighted by molar-refractivity contribution is -0.126. The minimum Gasteiger partial charge on any atom is -0.361 e. The molecule has 100 valence electrons. The smallest absolute Gasteiger partial charge is 0.241 e. The maximum absolute atomic E-state index is 11.5. The summed E-state index contributed by atoms with van der Waals surface area (Å²) in [6, 6.07) is 1.76. The van der Waals surface area contributed by atoms with Gasteiger partial charge in [-0.15, -0.1) is 0 Å². The van der Waals surface area contributed by atoms with Crippen LogP contribution in [0.3, 0.4) is 0 Å². The van der Waals surface area contributed by atoms with Gasteiger partial charge in [0.1, 0.15) is 16.2 Å². The van der Waals surface area contributed by atoms with Crippen molar-refractivity contribution in [3.8, 4) is 0 Å². The second kappa shape index (κ2) is 5.65. The van der Waals surface area contributed by atoms with Crippen LogP contribution < -0.4 is 5.32 Å². The van der Waals surface area contributed by atoms with Crippen LogP contribution in [0.15, 0.2) is 10.7 Å². The maximum Gasteiger partial charge on any atom is 0.241 e. The van der Waals surface area contributed by atoms with Crippen LogP contribution in [0.1, 0.15) is 26.6 Å². The van der Waals surface area contributed by atoms with Gasteiger partial charge in [0.05, 0.1) is 6.54 Å². The topological polar surface area (TPSA) is 58.1 Å². The number of amides is 1. The molecule has 0 aromatic carbocycles. The summed E-state index contributed by atoms with van der Waals surface area (Å²) in [6.07, 6.45) is 0. The Hall–Kier alpha value is -1.17. The van der Waals surface area contributed by atoms with Crippen molar-refractivity contribution in [2.45, 2.75) is 26.2 Å². The minimum absolute atomic E-state index is 0.00189. The quantitative estimate of drug-likeness (QED) is 0.867. The highest BCUT2D eigenvalue weighted by Crippen LogP contribution is 2.22. The van der Waals surface area contributed by atoms with E-state index in [1.54, 1.807) is 20.2 Å². The average Bonchev–Trinajstić information content (AvgIpc) is 2.23. The lowest BCUT2D eigenvalue weighted by atomic mass is 9.96. The molecule has 0 saturated heterocycles. The Bertz CT molecular complexity index is 440. The number of rotatable bonds is 3. The molecule has 1 N–H and O–H groups in total. The molecule has 1 aromatic rings. The molecule has 5 nitrogen and oxygen atoms in total. The van der Waals surface area contributed by atoms with Crippen LogP contribution in [0.4, 0.5) is 5.82 Å². The predicted octanol–water partition coefficient (Wildman–Crippen LogP) is 2.04. The molecule has 1 amide bonds. The van der Waals surface area contributed by atoms with Gasteiger partial charge in [-0.3, -0.25) is 4.79 Å². The van der Waals surface area contributed by atoms with Crippen molar-refractivity contribution in [1.29, 1.82) is 0 Å². The number of carbonyl (C=O) groups excluding carboxylic acids is 1. The molecule has 0 spiro atoms. The van der Waals surface area contributed by atoms with Crippen molar-refractivity contribution >= 4 is 27.7 Å². The minimum atomic E-state index is -0.133. The first-order chi connectivity index (χ1) is 8.20. The fourth-order valence-electron chi connectivity index (χ4n) is 1.17. The van der Waals surface area contributed by atoms with Gasteiger partial charge < -0.3 is 10.2 Å². The van der Waals surface area contributed by atoms with Gasteiger partial charge in [-0.25, -0.2) is 9.97 Å². The highest BCUT2D eigenvalue weighted by Gasteiger charge is 2.18. The number of nitrogens with one attached hydrogen (secondary N) is 1. The van der Waals surface area contributed by atoms with E-state index in [0.29, 0.717) is 10.4 Å². The maximum atomic E-state index is 11.5. The standard InChI is InChI=1S/C12H19BrN4O/c1-12(2,3)11-15-8(13)6-9(16-11)14-7-10(18)17(4)5/h6H,7H2,1-5H3,(H,14,15,16). The zero-order valence-electron chi connectivity index (χ0n) is 11.4. The van der Waals surface area contributed by atoms with Crippen LogP contribution in [0.5, 0.6) is 0 Å². The first kappa shape index (κ1) is 14.9. The van der Waals surface area contributed by atoms with Crippen LogP contribution in [-0.4, -0.2) is 41.4 Å². The third-order valence-electron chi connectivity index (χ3n) is 2.29. The number of halogens is 1. The summed E-state index contributed by atoms with van der Waals surface area (Å²) in [5.74, 6) is 1.38. The number of nitrogens with zero attached hydrogens (tertiary/aromatic N) is 3. The second-order valence-corrected chi connectivity index (χ2v) is 6.10. The van der Waals surface area contributed by atoms with Crippen molar-refractivity contribution < 1.29 is 4.79 Å². The Balaban J connectivity index is 2.84. The van der Waals surface area contributed by atoms with Gasteiger partial charge in [0.25, 0.3) is 0 Å². The Morgan fingerprint density at radius 3 is 2.50 bits per heavy atom. The molecule has 0 aliphatic carbocycles. The fraction of sp³-hybridized carbons (Fsp3) is 0.583. The molecule has 0 aliphatic rings. The summed E-state index contributed by atoms with van der Waals surface area (Å²) in [5.41, 5.74) is -0.133. The monoisotopic (exact) mass is 314 g/mol. The Labute approximate surface area is 116 Å². The summed E-state index contributed by atoms with van der Waals surface area (Å²) >= 11 is 3.35. The van der Waals surface area contributed by atoms with Gasteiger partial charge >= 0.3 is 0 Å². The molecule has 0 bridgehead atoms. The van der Waals surface area contributed by atoms with Gasteiger partial charge in [0.15, 0.2) is 0 Å². The van der Waals surface area contributed by atoms with Crippen molar-refractivity contribution in [1.82, 2.24) is 14.9 Å². The molecule has 18 heavy (non-hydrogen) atoms. The third kappa shape index (κ3) is 4.25. The molecule has 0 saturated carbocycles. The predicted molar refractivity (Wildman–Crippen MR) is 75.6 cm³/mol. The summed E-state index contributed by atoms with van der Waals surface area (Å²) in [7, 11) is 3.45. The van der Waals surface area contributed by atoms with Gasteiger partial charge in [-0.05, 0) is 15.9 Å². The lowest BCUT2D eigenvalue weighted by Crippen LogP contribution is -2.29. The zero-order valence-corrected chi connectivity index (χ0v) is 13.0. The molecule has 0 unspecified atom stereocenters. The van der Waals surface area contributed by atoms with E-state index in [-0.39, 0.29) is 17.9 Å². The van der Waals surface area contributed by atoms with Crippen LogP contribution in [-0.2, 0) is 10.2 Å². The Morgan fingerprint density at radius 2 is 2.00 bits per heavy atom. The first-order valence-electron chi connectivity index (χ1n) is 5.69. The molecule has 6 heteroatoms. The van der Waals surface area contributed by atoms with E-state index >= 15 is 0 Å². The van der Waals surface area contributed by atoms with Gasteiger partial charge in [-0.1, -0.05) is 20.8 Å². The van der Waals surface area contributed by atoms with Crippen LogP contribution in [0, 0.1) is 0 Å². The molecule has 0 aliphatic heterocycles. The highest BCUT2D eigenvalue weighted by atomic mass is 79.9. The van der Waals surface area contributed by atoms with Crippen LogP contribution >= 0.6 is 15.9 Å². The molecule has 0 atom stereocenters. The normalized spacial score (nSPS) is 11.2. The van der Waals surface area contributed by atoms with Gasteiger partial charge in [-0.2, -0.15) is 0 Å². The number of aromatic nitrogens is 2. The third-order valence-corrected chi connectivity index (χ3v) is 2.69. The van der Waals surface area contributed by atoms with E-state index in [2.05, 4.69) is 31.2 Å². The van der Waals surface area contributed by atoms with Gasteiger partial charge in [0.2, 0.25) is 5.91 Å². The van der Waals surface area contributed by atoms with Crippen molar-refractivity contribution in [2.24, 2.45) is 0 Å². The number of hydrogen-bond donors (Lipinski definition) is 1. The molecule has 1 rings (SSSR count). The van der Waals surface area contributed by atoms with Crippen molar-refractivity contribution in [2.75, 3.05) is 26.0 Å². The summed E-state index contributed by atoms with van der Waals surface area (Å²) in [5, 5.41) is 3.01. The molecule has 0 fully saturated rings. The zero-order chi connectivity index (χ0) is 13.9. The van der Waals surface area contributed by atoms with Crippen molar-refractivity contribution in [3.63, 3.8) is 0 Å². The highest BCUT2D eigenvalue weighted by molar-refractivity contribution is 9.10. The average molecular weight is 315 g/mol. The lowest BCUT2D eigenvalue weighted by Gasteiger charge is -2.18. The van der Waals surface area contributed by atoms with E-state index < -0.39 is 0 Å². The largest absolute Gasteiger partial charge is 0.361 e. The number of anilines is 1. The first-order valence-corrected chi connectivity index (χ1v) is 6.48. The summed E-state index contributed by atoms with van der Waals surface area (Å²) in [6.45, 7) is 6.36. The fourth-order valence-corrected chi connectivity index (χ4v) is 1.55. The van der Waals surface area contributed by atoms with E-state index in [1.165, 1.54) is 4.90 Å². The Kier molecular flexibility index (Phi) is 4.67. The van der Waals surface area contributed by atoms with E-state index in [1.807, 2.05) is 20.8 Å². The SMILES string of the molecule is CN(C)C(=O)CNc1cc(Br)nc(C(C)(C)C)n1. The number of hydrogen-bond acceptors (Lipinski definition) is 4. The molecule has 1 heterocycles. The van der Waals surface area contributed by atoms with E-state index in [9.17, 15) is 4.79 Å². The van der Waals surface area contributed by atoms with Crippen molar-refractivity contribution in [3.05, 3.63) is 16.5 Å². The second-order valence-electron chi connectivity index (χ2n) is 5.29. The Morgan fingerprint density at radius 1 is 1.39 bits per heavy atom. The molecule has 0 radical (unpaired) electrons. The van der Waals surface area contributed by atoms with E-state index in [0.717, 1.165) is 5.82 Å². The number of carbonyl (C=O) groups is 1. The number of likely N-dealkylation sites (N-methyl/N-ethyl adjacent to an activating group) is 1. The molecule has 1 aromatic heterocycles. The summed E-state index contributed by atoms with van der Waals surface area (Å²) in [4.78, 5) is 21.8. The molecular weight excluding hydrogens is 296 g/mol. The van der Waals surface area contributed by atoms with E-state index in [4.69, 9.17) is 0 Å². The van der Waals surface area contributed by atoms with Crippen LogP contribution in [0.2, 0.25) is 0 Å².